The van der Waals surface area contributed by atoms with Gasteiger partial charge < -0.3 is 9.73 Å². The van der Waals surface area contributed by atoms with E-state index in [4.69, 9.17) is 16.0 Å². The molecule has 3 rings (SSSR count). The highest BCUT2D eigenvalue weighted by molar-refractivity contribution is 6.33. The van der Waals surface area contributed by atoms with Gasteiger partial charge in [0.1, 0.15) is 5.76 Å². The predicted molar refractivity (Wildman–Crippen MR) is 80.0 cm³/mol. The molecule has 1 aromatic carbocycles. The van der Waals surface area contributed by atoms with Crippen LogP contribution in [-0.4, -0.2) is 35.4 Å². The van der Waals surface area contributed by atoms with Crippen LogP contribution in [0.2, 0.25) is 5.02 Å². The number of piperazine rings is 1. The van der Waals surface area contributed by atoms with Crippen molar-refractivity contribution in [3.63, 3.8) is 0 Å². The lowest BCUT2D eigenvalue weighted by Crippen LogP contribution is -2.47. The number of hydrogen-bond donors (Lipinski definition) is 1. The number of rotatable bonds is 3. The van der Waals surface area contributed by atoms with Crippen LogP contribution in [0.15, 0.2) is 28.7 Å². The van der Waals surface area contributed by atoms with E-state index in [-0.39, 0.29) is 5.91 Å². The lowest BCUT2D eigenvalue weighted by molar-refractivity contribution is -0.124. The highest BCUT2D eigenvalue weighted by Gasteiger charge is 2.20. The first-order valence-corrected chi connectivity index (χ1v) is 7.21. The molecule has 0 spiro atoms. The van der Waals surface area contributed by atoms with Crippen molar-refractivity contribution in [1.82, 2.24) is 15.2 Å². The summed E-state index contributed by atoms with van der Waals surface area (Å²) in [7, 11) is 0. The van der Waals surface area contributed by atoms with E-state index in [2.05, 4.69) is 15.2 Å². The number of carbonyl (C=O) groups is 1. The zero-order valence-corrected chi connectivity index (χ0v) is 12.5. The van der Waals surface area contributed by atoms with E-state index in [1.54, 1.807) is 0 Å². The van der Waals surface area contributed by atoms with Crippen LogP contribution in [0.4, 0.5) is 0 Å². The minimum atomic E-state index is 0.0497. The molecule has 0 aliphatic carbocycles. The molecule has 110 valence electrons. The molecular weight excluding hydrogens is 290 g/mol. The Kier molecular flexibility index (Phi) is 3.94. The SMILES string of the molecule is Cc1oc(-c2ccccc2Cl)nc1CN1CCNC(=O)C1. The maximum atomic E-state index is 11.4. The van der Waals surface area contributed by atoms with Crippen molar-refractivity contribution >= 4 is 17.5 Å². The number of aryl methyl sites for hydroxylation is 1. The van der Waals surface area contributed by atoms with Crippen molar-refractivity contribution in [3.8, 4) is 11.5 Å². The second-order valence-electron chi connectivity index (χ2n) is 5.06. The molecule has 2 aromatic rings. The van der Waals surface area contributed by atoms with Crippen molar-refractivity contribution in [2.75, 3.05) is 19.6 Å². The molecule has 0 atom stereocenters. The van der Waals surface area contributed by atoms with Crippen LogP contribution in [0.1, 0.15) is 11.5 Å². The molecule has 1 aliphatic heterocycles. The Balaban J connectivity index is 1.81. The molecule has 5 nitrogen and oxygen atoms in total. The summed E-state index contributed by atoms with van der Waals surface area (Å²) in [5.41, 5.74) is 1.63. The average molecular weight is 306 g/mol. The first-order chi connectivity index (χ1) is 10.1. The van der Waals surface area contributed by atoms with Gasteiger partial charge in [0.25, 0.3) is 0 Å². The number of nitrogens with zero attached hydrogens (tertiary/aromatic N) is 2. The fraction of sp³-hybridized carbons (Fsp3) is 0.333. The van der Waals surface area contributed by atoms with Crippen LogP contribution in [0.25, 0.3) is 11.5 Å². The standard InChI is InChI=1S/C15H16ClN3O2/c1-10-13(8-19-7-6-17-14(20)9-19)18-15(21-10)11-4-2-3-5-12(11)16/h2-5H,6-9H2,1H3,(H,17,20). The Morgan fingerprint density at radius 3 is 3.00 bits per heavy atom. The Morgan fingerprint density at radius 1 is 1.43 bits per heavy atom. The number of carbonyl (C=O) groups excluding carboxylic acids is 1. The third-order valence-corrected chi connectivity index (χ3v) is 3.82. The topological polar surface area (TPSA) is 58.4 Å². The summed E-state index contributed by atoms with van der Waals surface area (Å²) >= 11 is 6.17. The molecule has 1 aliphatic rings. The van der Waals surface area contributed by atoms with E-state index in [0.717, 1.165) is 23.6 Å². The van der Waals surface area contributed by atoms with Crippen molar-refractivity contribution in [3.05, 3.63) is 40.7 Å². The van der Waals surface area contributed by atoms with E-state index in [1.165, 1.54) is 0 Å². The Hall–Kier alpha value is -1.85. The molecule has 0 radical (unpaired) electrons. The number of benzene rings is 1. The number of oxazole rings is 1. The fourth-order valence-corrected chi connectivity index (χ4v) is 2.58. The average Bonchev–Trinajstić information content (AvgIpc) is 2.80. The molecule has 21 heavy (non-hydrogen) atoms. The van der Waals surface area contributed by atoms with Crippen LogP contribution < -0.4 is 5.32 Å². The molecule has 1 N–H and O–H groups in total. The monoisotopic (exact) mass is 305 g/mol. The molecule has 1 aromatic heterocycles. The molecule has 1 fully saturated rings. The normalized spacial score (nSPS) is 16.0. The molecule has 6 heteroatoms. The molecule has 1 amide bonds. The lowest BCUT2D eigenvalue weighted by atomic mass is 10.2. The molecule has 1 saturated heterocycles. The zero-order chi connectivity index (χ0) is 14.8. The van der Waals surface area contributed by atoms with E-state index in [1.807, 2.05) is 31.2 Å². The third kappa shape index (κ3) is 3.09. The Morgan fingerprint density at radius 2 is 2.24 bits per heavy atom. The number of nitrogens with one attached hydrogen (secondary N) is 1. The van der Waals surface area contributed by atoms with E-state index in [9.17, 15) is 4.79 Å². The largest absolute Gasteiger partial charge is 0.441 e. The van der Waals surface area contributed by atoms with Crippen molar-refractivity contribution < 1.29 is 9.21 Å². The van der Waals surface area contributed by atoms with Crippen LogP contribution >= 0.6 is 11.6 Å². The van der Waals surface area contributed by atoms with E-state index >= 15 is 0 Å². The second kappa shape index (κ2) is 5.87. The predicted octanol–water partition coefficient (Wildman–Crippen LogP) is 2.24. The molecule has 0 bridgehead atoms. The quantitative estimate of drug-likeness (QED) is 0.945. The van der Waals surface area contributed by atoms with Crippen molar-refractivity contribution in [1.29, 1.82) is 0 Å². The van der Waals surface area contributed by atoms with Gasteiger partial charge >= 0.3 is 0 Å². The van der Waals surface area contributed by atoms with Gasteiger partial charge in [-0.1, -0.05) is 23.7 Å². The first-order valence-electron chi connectivity index (χ1n) is 6.84. The van der Waals surface area contributed by atoms with E-state index in [0.29, 0.717) is 30.5 Å². The molecule has 2 heterocycles. The molecule has 0 saturated carbocycles. The van der Waals surface area contributed by atoms with Gasteiger partial charge in [0.05, 0.1) is 22.8 Å². The molecular formula is C15H16ClN3O2. The van der Waals surface area contributed by atoms with Gasteiger partial charge in [0.15, 0.2) is 0 Å². The van der Waals surface area contributed by atoms with Gasteiger partial charge in [0.2, 0.25) is 11.8 Å². The van der Waals surface area contributed by atoms with Crippen molar-refractivity contribution in [2.45, 2.75) is 13.5 Å². The number of halogens is 1. The first kappa shape index (κ1) is 14.1. The summed E-state index contributed by atoms with van der Waals surface area (Å²) in [5, 5.41) is 3.42. The maximum Gasteiger partial charge on any atom is 0.234 e. The van der Waals surface area contributed by atoms with Gasteiger partial charge in [-0.25, -0.2) is 4.98 Å². The van der Waals surface area contributed by atoms with Crippen LogP contribution in [0.3, 0.4) is 0 Å². The number of aromatic nitrogens is 1. The summed E-state index contributed by atoms with van der Waals surface area (Å²) in [6.07, 6.45) is 0. The summed E-state index contributed by atoms with van der Waals surface area (Å²) < 4.78 is 5.73. The fourth-order valence-electron chi connectivity index (χ4n) is 2.36. The zero-order valence-electron chi connectivity index (χ0n) is 11.7. The smallest absolute Gasteiger partial charge is 0.234 e. The molecule has 0 unspecified atom stereocenters. The van der Waals surface area contributed by atoms with E-state index < -0.39 is 0 Å². The lowest BCUT2D eigenvalue weighted by Gasteiger charge is -2.25. The van der Waals surface area contributed by atoms with Crippen LogP contribution in [0.5, 0.6) is 0 Å². The van der Waals surface area contributed by atoms with Gasteiger partial charge in [-0.3, -0.25) is 9.69 Å². The highest BCUT2D eigenvalue weighted by Crippen LogP contribution is 2.28. The van der Waals surface area contributed by atoms with Crippen molar-refractivity contribution in [2.24, 2.45) is 0 Å². The maximum absolute atomic E-state index is 11.4. The van der Waals surface area contributed by atoms with Gasteiger partial charge in [-0.2, -0.15) is 0 Å². The Bertz CT molecular complexity index is 669. The summed E-state index contributed by atoms with van der Waals surface area (Å²) in [4.78, 5) is 18.0. The number of amides is 1. The van der Waals surface area contributed by atoms with Crippen LogP contribution in [-0.2, 0) is 11.3 Å². The van der Waals surface area contributed by atoms with Gasteiger partial charge in [-0.15, -0.1) is 0 Å². The van der Waals surface area contributed by atoms with Gasteiger partial charge in [-0.05, 0) is 19.1 Å². The minimum Gasteiger partial charge on any atom is -0.441 e. The highest BCUT2D eigenvalue weighted by atomic mass is 35.5. The summed E-state index contributed by atoms with van der Waals surface area (Å²) in [5.74, 6) is 1.33. The van der Waals surface area contributed by atoms with Crippen LogP contribution in [0, 0.1) is 6.92 Å². The number of hydrogen-bond acceptors (Lipinski definition) is 4. The van der Waals surface area contributed by atoms with Gasteiger partial charge in [0, 0.05) is 19.6 Å². The minimum absolute atomic E-state index is 0.0497. The second-order valence-corrected chi connectivity index (χ2v) is 5.47. The Labute approximate surface area is 127 Å². The third-order valence-electron chi connectivity index (χ3n) is 3.49. The summed E-state index contributed by atoms with van der Waals surface area (Å²) in [6.45, 7) is 4.38. The summed E-state index contributed by atoms with van der Waals surface area (Å²) in [6, 6.07) is 7.46.